The van der Waals surface area contributed by atoms with Crippen LogP contribution >= 0.6 is 23.2 Å². The van der Waals surface area contributed by atoms with Crippen LogP contribution in [-0.2, 0) is 10.9 Å². The number of hydrogen-bond donors (Lipinski definition) is 1. The highest BCUT2D eigenvalue weighted by molar-refractivity contribution is 6.37. The van der Waals surface area contributed by atoms with E-state index in [1.54, 1.807) is 0 Å². The molecule has 0 unspecified atom stereocenters. The van der Waals surface area contributed by atoms with Gasteiger partial charge in [-0.25, -0.2) is 4.79 Å². The molecule has 0 saturated carbocycles. The summed E-state index contributed by atoms with van der Waals surface area (Å²) in [7, 11) is 0. The van der Waals surface area contributed by atoms with Gasteiger partial charge in [0, 0.05) is 18.6 Å². The highest BCUT2D eigenvalue weighted by Gasteiger charge is 2.30. The summed E-state index contributed by atoms with van der Waals surface area (Å²) in [4.78, 5) is 11.8. The Labute approximate surface area is 157 Å². The number of aromatic hydroxyl groups is 1. The van der Waals surface area contributed by atoms with Crippen LogP contribution in [0.25, 0.3) is 0 Å². The fraction of sp³-hybridized carbons (Fsp3) is 0.235. The Kier molecular flexibility index (Phi) is 6.61. The Balaban J connectivity index is 1.79. The second-order valence-electron chi connectivity index (χ2n) is 5.15. The predicted octanol–water partition coefficient (Wildman–Crippen LogP) is 5.34. The normalized spacial score (nSPS) is 11.3. The fourth-order valence-electron chi connectivity index (χ4n) is 1.96. The zero-order valence-electron chi connectivity index (χ0n) is 13.1. The molecule has 0 spiro atoms. The molecule has 0 fully saturated rings. The van der Waals surface area contributed by atoms with Crippen molar-refractivity contribution in [3.63, 3.8) is 0 Å². The lowest BCUT2D eigenvalue weighted by atomic mass is 10.1. The zero-order chi connectivity index (χ0) is 19.3. The minimum atomic E-state index is -4.46. The third-order valence-electron chi connectivity index (χ3n) is 3.20. The van der Waals surface area contributed by atoms with Crippen molar-refractivity contribution in [2.75, 3.05) is 13.2 Å². The topological polar surface area (TPSA) is 55.8 Å². The number of ether oxygens (including phenoxy) is 2. The van der Waals surface area contributed by atoms with E-state index in [0.717, 1.165) is 24.3 Å². The van der Waals surface area contributed by atoms with Crippen molar-refractivity contribution in [1.82, 2.24) is 0 Å². The van der Waals surface area contributed by atoms with Crippen LogP contribution in [0.15, 0.2) is 36.4 Å². The van der Waals surface area contributed by atoms with Gasteiger partial charge in [0.05, 0.1) is 34.4 Å². The SMILES string of the molecule is O=C(OCCCOc1c(Cl)cc(O)cc1Cl)c1ccc(C(F)(F)F)cc1. The Bertz CT molecular complexity index is 754. The van der Waals surface area contributed by atoms with E-state index in [0.29, 0.717) is 6.42 Å². The molecule has 0 heterocycles. The lowest BCUT2D eigenvalue weighted by Gasteiger charge is -2.11. The predicted molar refractivity (Wildman–Crippen MR) is 90.0 cm³/mol. The molecule has 9 heteroatoms. The van der Waals surface area contributed by atoms with Gasteiger partial charge < -0.3 is 14.6 Å². The largest absolute Gasteiger partial charge is 0.508 e. The number of phenolic OH excluding ortho intramolecular Hbond substituents is 1. The number of benzene rings is 2. The molecule has 2 aromatic rings. The van der Waals surface area contributed by atoms with E-state index >= 15 is 0 Å². The summed E-state index contributed by atoms with van der Waals surface area (Å²) in [5.41, 5.74) is -0.825. The van der Waals surface area contributed by atoms with Gasteiger partial charge in [-0.3, -0.25) is 0 Å². The number of esters is 1. The molecule has 4 nitrogen and oxygen atoms in total. The molecular weight excluding hydrogens is 396 g/mol. The summed E-state index contributed by atoms with van der Waals surface area (Å²) >= 11 is 11.8. The maximum absolute atomic E-state index is 12.5. The molecule has 0 radical (unpaired) electrons. The maximum atomic E-state index is 12.5. The average Bonchev–Trinajstić information content (AvgIpc) is 2.55. The van der Waals surface area contributed by atoms with Gasteiger partial charge in [-0.15, -0.1) is 0 Å². The Morgan fingerprint density at radius 2 is 1.62 bits per heavy atom. The first-order valence-corrected chi connectivity index (χ1v) is 8.09. The van der Waals surface area contributed by atoms with Crippen molar-refractivity contribution in [1.29, 1.82) is 0 Å². The van der Waals surface area contributed by atoms with E-state index in [1.165, 1.54) is 12.1 Å². The highest BCUT2D eigenvalue weighted by Crippen LogP contribution is 2.36. The lowest BCUT2D eigenvalue weighted by molar-refractivity contribution is -0.137. The molecule has 1 N–H and O–H groups in total. The number of halogens is 5. The number of phenols is 1. The van der Waals surface area contributed by atoms with Crippen molar-refractivity contribution >= 4 is 29.2 Å². The van der Waals surface area contributed by atoms with Crippen molar-refractivity contribution in [2.45, 2.75) is 12.6 Å². The molecule has 0 aliphatic rings. The van der Waals surface area contributed by atoms with Crippen molar-refractivity contribution in [3.8, 4) is 11.5 Å². The van der Waals surface area contributed by atoms with Gasteiger partial charge in [0.15, 0.2) is 5.75 Å². The van der Waals surface area contributed by atoms with Crippen LogP contribution in [0.3, 0.4) is 0 Å². The summed E-state index contributed by atoms with van der Waals surface area (Å²) in [6.07, 6.45) is -4.16. The first kappa shape index (κ1) is 20.2. The number of hydrogen-bond acceptors (Lipinski definition) is 4. The van der Waals surface area contributed by atoms with Crippen molar-refractivity contribution < 1.29 is 32.5 Å². The standard InChI is InChI=1S/C17H13Cl2F3O4/c18-13-8-12(23)9-14(19)15(13)25-6-1-7-26-16(24)10-2-4-11(5-3-10)17(20,21)22/h2-5,8-9,23H,1,6-7H2. The molecule has 2 aromatic carbocycles. The highest BCUT2D eigenvalue weighted by atomic mass is 35.5. The van der Waals surface area contributed by atoms with Crippen LogP contribution in [0.4, 0.5) is 13.2 Å². The zero-order valence-corrected chi connectivity index (χ0v) is 14.7. The Morgan fingerprint density at radius 3 is 2.15 bits per heavy atom. The van der Waals surface area contributed by atoms with Crippen LogP contribution in [0.1, 0.15) is 22.3 Å². The molecule has 2 rings (SSSR count). The van der Waals surface area contributed by atoms with Gasteiger partial charge >= 0.3 is 12.1 Å². The molecule has 0 aliphatic carbocycles. The smallest absolute Gasteiger partial charge is 0.416 e. The van der Waals surface area contributed by atoms with Crippen LogP contribution in [0.2, 0.25) is 10.0 Å². The molecule has 0 aliphatic heterocycles. The monoisotopic (exact) mass is 408 g/mol. The quantitative estimate of drug-likeness (QED) is 0.517. The molecular formula is C17H13Cl2F3O4. The van der Waals surface area contributed by atoms with E-state index in [1.807, 2.05) is 0 Å². The molecule has 0 aromatic heterocycles. The van der Waals surface area contributed by atoms with Crippen LogP contribution in [-0.4, -0.2) is 24.3 Å². The fourth-order valence-corrected chi connectivity index (χ4v) is 2.55. The summed E-state index contributed by atoms with van der Waals surface area (Å²) in [6.45, 7) is 0.123. The molecule has 0 amide bonds. The van der Waals surface area contributed by atoms with Gasteiger partial charge in [0.2, 0.25) is 0 Å². The minimum Gasteiger partial charge on any atom is -0.508 e. The summed E-state index contributed by atoms with van der Waals surface area (Å²) in [5.74, 6) is -0.641. The molecule has 0 saturated heterocycles. The van der Waals surface area contributed by atoms with E-state index in [4.69, 9.17) is 32.7 Å². The second kappa shape index (κ2) is 8.51. The van der Waals surface area contributed by atoms with Crippen molar-refractivity contribution in [3.05, 3.63) is 57.6 Å². The van der Waals surface area contributed by atoms with Gasteiger partial charge in [-0.2, -0.15) is 13.2 Å². The van der Waals surface area contributed by atoms with Gasteiger partial charge in [0.25, 0.3) is 0 Å². The summed E-state index contributed by atoms with van der Waals surface area (Å²) in [6, 6.07) is 6.28. The number of rotatable bonds is 6. The molecule has 0 bridgehead atoms. The van der Waals surface area contributed by atoms with Crippen LogP contribution in [0.5, 0.6) is 11.5 Å². The number of carbonyl (C=O) groups excluding carboxylic acids is 1. The average molecular weight is 409 g/mol. The van der Waals surface area contributed by atoms with E-state index < -0.39 is 17.7 Å². The minimum absolute atomic E-state index is 0.00677. The molecule has 140 valence electrons. The lowest BCUT2D eigenvalue weighted by Crippen LogP contribution is -2.10. The Morgan fingerprint density at radius 1 is 1.04 bits per heavy atom. The maximum Gasteiger partial charge on any atom is 0.416 e. The number of alkyl halides is 3. The summed E-state index contributed by atoms with van der Waals surface area (Å²) in [5, 5.41) is 9.59. The van der Waals surface area contributed by atoms with Crippen LogP contribution in [0, 0.1) is 0 Å². The first-order chi connectivity index (χ1) is 12.2. The first-order valence-electron chi connectivity index (χ1n) is 7.33. The second-order valence-corrected chi connectivity index (χ2v) is 5.97. The molecule has 0 atom stereocenters. The Hall–Kier alpha value is -2.12. The van der Waals surface area contributed by atoms with E-state index in [2.05, 4.69) is 0 Å². The third kappa shape index (κ3) is 5.44. The number of carbonyl (C=O) groups is 1. The van der Waals surface area contributed by atoms with Gasteiger partial charge in [-0.1, -0.05) is 23.2 Å². The van der Waals surface area contributed by atoms with Gasteiger partial charge in [-0.05, 0) is 24.3 Å². The van der Waals surface area contributed by atoms with E-state index in [-0.39, 0.29) is 40.3 Å². The third-order valence-corrected chi connectivity index (χ3v) is 3.76. The molecule has 26 heavy (non-hydrogen) atoms. The van der Waals surface area contributed by atoms with E-state index in [9.17, 15) is 23.1 Å². The van der Waals surface area contributed by atoms with Crippen molar-refractivity contribution in [2.24, 2.45) is 0 Å². The van der Waals surface area contributed by atoms with Crippen LogP contribution < -0.4 is 4.74 Å². The van der Waals surface area contributed by atoms with Gasteiger partial charge in [0.1, 0.15) is 5.75 Å². The summed E-state index contributed by atoms with van der Waals surface area (Å²) < 4.78 is 47.7.